The number of carbonyl (C=O) groups excluding carboxylic acids is 1. The predicted octanol–water partition coefficient (Wildman–Crippen LogP) is 6.48. The Bertz CT molecular complexity index is 1430. The summed E-state index contributed by atoms with van der Waals surface area (Å²) in [5.41, 5.74) is 3.74. The first-order valence-corrected chi connectivity index (χ1v) is 13.8. The zero-order chi connectivity index (χ0) is 26.6. The van der Waals surface area contributed by atoms with Gasteiger partial charge in [-0.2, -0.15) is 0 Å². The molecule has 3 heterocycles. The molecule has 3 aromatic carbocycles. The summed E-state index contributed by atoms with van der Waals surface area (Å²) in [6.45, 7) is 1.54. The van der Waals surface area contributed by atoms with Gasteiger partial charge in [0.15, 0.2) is 6.73 Å². The van der Waals surface area contributed by atoms with Crippen LogP contribution in [-0.4, -0.2) is 53.9 Å². The molecule has 6 rings (SSSR count). The molecule has 2 bridgehead atoms. The molecular weight excluding hydrogens is 595 g/mol. The minimum absolute atomic E-state index is 0.0270. The Morgan fingerprint density at radius 3 is 2.39 bits per heavy atom. The van der Waals surface area contributed by atoms with Gasteiger partial charge in [-0.25, -0.2) is 4.79 Å². The van der Waals surface area contributed by atoms with E-state index in [9.17, 15) is 14.7 Å². The summed E-state index contributed by atoms with van der Waals surface area (Å²) < 4.78 is 12.6. The van der Waals surface area contributed by atoms with Gasteiger partial charge in [0.05, 0.1) is 58.7 Å². The number of hydrogen-bond donors (Lipinski definition) is 1. The zero-order valence-electron chi connectivity index (χ0n) is 20.1. The van der Waals surface area contributed by atoms with Gasteiger partial charge in [0.1, 0.15) is 5.75 Å². The molecule has 2 fully saturated rings. The molecule has 2 saturated heterocycles. The molecule has 3 aliphatic rings. The van der Waals surface area contributed by atoms with Crippen LogP contribution in [0.15, 0.2) is 53.0 Å². The molecule has 0 saturated carbocycles. The molecular formula is C28H23BrCl2N2O5. The third kappa shape index (κ3) is 4.43. The van der Waals surface area contributed by atoms with Crippen molar-refractivity contribution >= 4 is 56.7 Å². The number of ether oxygens (including phenoxy) is 2. The van der Waals surface area contributed by atoms with Crippen LogP contribution in [0.3, 0.4) is 0 Å². The number of aromatic carboxylic acids is 1. The van der Waals surface area contributed by atoms with Crippen molar-refractivity contribution in [2.75, 3.05) is 24.8 Å². The third-order valence-electron chi connectivity index (χ3n) is 7.39. The van der Waals surface area contributed by atoms with E-state index in [1.54, 1.807) is 23.1 Å². The van der Waals surface area contributed by atoms with E-state index in [1.807, 2.05) is 30.3 Å². The van der Waals surface area contributed by atoms with Gasteiger partial charge in [-0.3, -0.25) is 4.79 Å². The Kier molecular flexibility index (Phi) is 6.76. The first-order chi connectivity index (χ1) is 18.3. The molecule has 0 aromatic heterocycles. The molecule has 2 unspecified atom stereocenters. The van der Waals surface area contributed by atoms with Crippen LogP contribution in [0.4, 0.5) is 5.69 Å². The smallest absolute Gasteiger partial charge is 0.337 e. The molecule has 1 N–H and O–H groups in total. The fourth-order valence-corrected chi connectivity index (χ4v) is 7.02. The highest BCUT2D eigenvalue weighted by molar-refractivity contribution is 9.10. The molecule has 1 amide bonds. The minimum Gasteiger partial charge on any atom is -0.478 e. The summed E-state index contributed by atoms with van der Waals surface area (Å²) in [7, 11) is 0. The van der Waals surface area contributed by atoms with Crippen LogP contribution in [0.25, 0.3) is 11.1 Å². The molecule has 10 heteroatoms. The van der Waals surface area contributed by atoms with E-state index >= 15 is 0 Å². The molecule has 196 valence electrons. The normalized spacial score (nSPS) is 20.2. The number of carbonyl (C=O) groups is 2. The number of nitrogens with zero attached hydrogens (tertiary/aromatic N) is 2. The molecule has 3 aromatic rings. The van der Waals surface area contributed by atoms with Crippen molar-refractivity contribution in [1.29, 1.82) is 0 Å². The Hall–Kier alpha value is -2.78. The molecule has 7 nitrogen and oxygen atoms in total. The number of benzene rings is 3. The van der Waals surface area contributed by atoms with Crippen LogP contribution < -0.4 is 9.64 Å². The predicted molar refractivity (Wildman–Crippen MR) is 148 cm³/mol. The number of halogens is 3. The van der Waals surface area contributed by atoms with Crippen LogP contribution in [0.1, 0.15) is 39.1 Å². The van der Waals surface area contributed by atoms with Gasteiger partial charge >= 0.3 is 5.97 Å². The van der Waals surface area contributed by atoms with E-state index in [-0.39, 0.29) is 45.9 Å². The van der Waals surface area contributed by atoms with Crippen molar-refractivity contribution in [3.05, 3.63) is 79.7 Å². The van der Waals surface area contributed by atoms with Gasteiger partial charge in [0, 0.05) is 15.6 Å². The van der Waals surface area contributed by atoms with Gasteiger partial charge in [-0.05, 0) is 42.7 Å². The van der Waals surface area contributed by atoms with Gasteiger partial charge in [-0.1, -0.05) is 63.4 Å². The summed E-state index contributed by atoms with van der Waals surface area (Å²) in [5, 5.41) is 10.5. The maximum atomic E-state index is 13.3. The summed E-state index contributed by atoms with van der Waals surface area (Å²) >= 11 is 16.0. The van der Waals surface area contributed by atoms with E-state index in [0.717, 1.165) is 29.5 Å². The fraction of sp³-hybridized carbons (Fsp3) is 0.286. The summed E-state index contributed by atoms with van der Waals surface area (Å²) in [5.74, 6) is -0.605. The SMILES string of the molecule is O=C(O)c1ccc(-c2cccc3c2OCN(C(=O)c2c(Cl)cc(Br)cc2Cl)C3)cc1N1C2CCC1COC2. The van der Waals surface area contributed by atoms with Crippen molar-refractivity contribution < 1.29 is 24.2 Å². The Balaban J connectivity index is 1.34. The van der Waals surface area contributed by atoms with Crippen LogP contribution in [0, 0.1) is 0 Å². The van der Waals surface area contributed by atoms with Crippen LogP contribution in [-0.2, 0) is 11.3 Å². The Morgan fingerprint density at radius 1 is 1.00 bits per heavy atom. The standard InChI is InChI=1S/C28H23BrCl2N2O5/c29-17-9-22(30)25(23(31)10-17)27(34)32-11-16-2-1-3-20(26(16)38-14-32)15-4-7-21(28(35)36)24(8-15)33-18-5-6-19(33)13-37-12-18/h1-4,7-10,18-19H,5-6,11-14H2,(H,35,36). The number of rotatable bonds is 4. The number of hydrogen-bond acceptors (Lipinski definition) is 5. The van der Waals surface area contributed by atoms with Crippen LogP contribution in [0.2, 0.25) is 10.0 Å². The lowest BCUT2D eigenvalue weighted by molar-refractivity contribution is 0.0516. The van der Waals surface area contributed by atoms with Crippen molar-refractivity contribution in [3.8, 4) is 16.9 Å². The number of morpholine rings is 1. The lowest BCUT2D eigenvalue weighted by Crippen LogP contribution is -2.46. The quantitative estimate of drug-likeness (QED) is 0.361. The first kappa shape index (κ1) is 25.5. The van der Waals surface area contributed by atoms with Gasteiger partial charge in [0.2, 0.25) is 0 Å². The average Bonchev–Trinajstić information content (AvgIpc) is 3.14. The fourth-order valence-electron chi connectivity index (χ4n) is 5.65. The highest BCUT2D eigenvalue weighted by Gasteiger charge is 2.39. The van der Waals surface area contributed by atoms with Gasteiger partial charge < -0.3 is 24.4 Å². The number of anilines is 1. The topological polar surface area (TPSA) is 79.3 Å². The van der Waals surface area contributed by atoms with E-state index in [4.69, 9.17) is 32.7 Å². The molecule has 3 aliphatic heterocycles. The maximum absolute atomic E-state index is 13.3. The lowest BCUT2D eigenvalue weighted by atomic mass is 9.97. The summed E-state index contributed by atoms with van der Waals surface area (Å²) in [4.78, 5) is 29.2. The number of amides is 1. The number of carboxylic acid groups (broad SMARTS) is 1. The molecule has 0 radical (unpaired) electrons. The van der Waals surface area contributed by atoms with Crippen molar-refractivity contribution in [3.63, 3.8) is 0 Å². The van der Waals surface area contributed by atoms with E-state index < -0.39 is 5.97 Å². The third-order valence-corrected chi connectivity index (χ3v) is 8.44. The number of para-hydroxylation sites is 1. The molecule has 2 atom stereocenters. The van der Waals surface area contributed by atoms with Crippen molar-refractivity contribution in [2.45, 2.75) is 31.5 Å². The zero-order valence-corrected chi connectivity index (χ0v) is 23.2. The molecule has 0 aliphatic carbocycles. The lowest BCUT2D eigenvalue weighted by Gasteiger charge is -2.37. The monoisotopic (exact) mass is 616 g/mol. The molecule has 0 spiro atoms. The molecule has 38 heavy (non-hydrogen) atoms. The highest BCUT2D eigenvalue weighted by atomic mass is 79.9. The second kappa shape index (κ2) is 10.1. The minimum atomic E-state index is -0.955. The average molecular weight is 618 g/mol. The Morgan fingerprint density at radius 2 is 1.71 bits per heavy atom. The van der Waals surface area contributed by atoms with Crippen molar-refractivity contribution in [2.24, 2.45) is 0 Å². The van der Waals surface area contributed by atoms with Gasteiger partial charge in [0.25, 0.3) is 5.91 Å². The number of carboxylic acids is 1. The second-order valence-electron chi connectivity index (χ2n) is 9.68. The first-order valence-electron chi connectivity index (χ1n) is 12.2. The second-order valence-corrected chi connectivity index (χ2v) is 11.4. The van der Waals surface area contributed by atoms with E-state index in [1.165, 1.54) is 0 Å². The summed E-state index contributed by atoms with van der Waals surface area (Å²) in [6, 6.07) is 14.8. The Labute approximate surface area is 238 Å². The maximum Gasteiger partial charge on any atom is 0.337 e. The van der Waals surface area contributed by atoms with Crippen molar-refractivity contribution in [1.82, 2.24) is 4.90 Å². The van der Waals surface area contributed by atoms with Gasteiger partial charge in [-0.15, -0.1) is 0 Å². The van der Waals surface area contributed by atoms with Crippen LogP contribution in [0.5, 0.6) is 5.75 Å². The highest BCUT2D eigenvalue weighted by Crippen LogP contribution is 2.42. The number of fused-ring (bicyclic) bond motifs is 3. The summed E-state index contributed by atoms with van der Waals surface area (Å²) in [6.07, 6.45) is 1.96. The van der Waals surface area contributed by atoms with Crippen LogP contribution >= 0.6 is 39.1 Å². The van der Waals surface area contributed by atoms with E-state index in [0.29, 0.717) is 35.7 Å². The largest absolute Gasteiger partial charge is 0.478 e. The van der Waals surface area contributed by atoms with E-state index in [2.05, 4.69) is 20.8 Å².